The van der Waals surface area contributed by atoms with E-state index in [9.17, 15) is 8.42 Å². The van der Waals surface area contributed by atoms with Gasteiger partial charge >= 0.3 is 0 Å². The minimum atomic E-state index is -3.32. The molecule has 0 bridgehead atoms. The molecule has 0 radical (unpaired) electrons. The predicted molar refractivity (Wildman–Crippen MR) is 88.5 cm³/mol. The third-order valence-electron chi connectivity index (χ3n) is 3.77. The maximum atomic E-state index is 12.5. The number of hydrogen-bond acceptors (Lipinski definition) is 4. The fourth-order valence-electron chi connectivity index (χ4n) is 2.47. The van der Waals surface area contributed by atoms with E-state index in [1.807, 2.05) is 45.0 Å². The molecule has 1 aliphatic carbocycles. The molecule has 1 fully saturated rings. The first-order chi connectivity index (χ1) is 10.2. The topological polar surface area (TPSA) is 67.4 Å². The minimum Gasteiger partial charge on any atom is -0.496 e. The van der Waals surface area contributed by atoms with E-state index in [-0.39, 0.29) is 0 Å². The van der Waals surface area contributed by atoms with Gasteiger partial charge in [-0.15, -0.1) is 0 Å². The van der Waals surface area contributed by atoms with E-state index >= 15 is 0 Å². The summed E-state index contributed by atoms with van der Waals surface area (Å²) < 4.78 is 32.5. The van der Waals surface area contributed by atoms with E-state index in [1.165, 1.54) is 0 Å². The van der Waals surface area contributed by atoms with Gasteiger partial charge in [-0.05, 0) is 39.7 Å². The summed E-state index contributed by atoms with van der Waals surface area (Å²) in [6.07, 6.45) is 1.41. The van der Waals surface area contributed by atoms with Gasteiger partial charge in [0.05, 0.1) is 11.9 Å². The Morgan fingerprint density at radius 2 is 1.86 bits per heavy atom. The van der Waals surface area contributed by atoms with Crippen LogP contribution in [0, 0.1) is 0 Å². The zero-order valence-corrected chi connectivity index (χ0v) is 14.6. The highest BCUT2D eigenvalue weighted by Gasteiger charge is 2.54. The lowest BCUT2D eigenvalue weighted by molar-refractivity contribution is 0.407. The van der Waals surface area contributed by atoms with Crippen molar-refractivity contribution >= 4 is 10.0 Å². The Hall–Kier alpha value is -1.11. The molecule has 2 rings (SSSR count). The van der Waals surface area contributed by atoms with E-state index < -0.39 is 20.3 Å². The molecular weight excluding hydrogens is 300 g/mol. The monoisotopic (exact) mass is 326 g/mol. The van der Waals surface area contributed by atoms with Gasteiger partial charge in [0.25, 0.3) is 0 Å². The zero-order chi connectivity index (χ0) is 16.4. The maximum Gasteiger partial charge on any atom is 0.219 e. The number of hydrogen-bond donors (Lipinski definition) is 2. The molecule has 0 amide bonds. The van der Waals surface area contributed by atoms with Crippen molar-refractivity contribution in [3.63, 3.8) is 0 Å². The third kappa shape index (κ3) is 4.00. The summed E-state index contributed by atoms with van der Waals surface area (Å²) >= 11 is 0. The van der Waals surface area contributed by atoms with Crippen molar-refractivity contribution in [2.24, 2.45) is 0 Å². The molecule has 0 saturated heterocycles. The van der Waals surface area contributed by atoms with Crippen molar-refractivity contribution in [3.05, 3.63) is 29.8 Å². The van der Waals surface area contributed by atoms with Crippen LogP contribution in [0.25, 0.3) is 0 Å². The second kappa shape index (κ2) is 6.18. The Bertz CT molecular complexity index is 617. The lowest BCUT2D eigenvalue weighted by Gasteiger charge is -2.25. The average molecular weight is 326 g/mol. The molecule has 0 unspecified atom stereocenters. The Labute approximate surface area is 133 Å². The van der Waals surface area contributed by atoms with Crippen molar-refractivity contribution < 1.29 is 13.2 Å². The lowest BCUT2D eigenvalue weighted by atomic mass is 10.1. The number of methoxy groups -OCH3 is 1. The summed E-state index contributed by atoms with van der Waals surface area (Å²) in [6.45, 7) is 6.64. The molecule has 2 N–H and O–H groups in total. The summed E-state index contributed by atoms with van der Waals surface area (Å²) in [6, 6.07) is 7.75. The first kappa shape index (κ1) is 17.2. The molecule has 6 heteroatoms. The lowest BCUT2D eigenvalue weighted by Crippen LogP contribution is -2.49. The Morgan fingerprint density at radius 1 is 1.23 bits per heavy atom. The van der Waals surface area contributed by atoms with Crippen LogP contribution in [0.15, 0.2) is 24.3 Å². The molecule has 22 heavy (non-hydrogen) atoms. The van der Waals surface area contributed by atoms with Gasteiger partial charge in [0, 0.05) is 24.2 Å². The van der Waals surface area contributed by atoms with Crippen molar-refractivity contribution in [1.82, 2.24) is 10.0 Å². The average Bonchev–Trinajstić information content (AvgIpc) is 3.18. The van der Waals surface area contributed by atoms with E-state index in [0.29, 0.717) is 25.9 Å². The molecule has 124 valence electrons. The van der Waals surface area contributed by atoms with E-state index in [0.717, 1.165) is 11.3 Å². The second-order valence-electron chi connectivity index (χ2n) is 6.95. The first-order valence-corrected chi connectivity index (χ1v) is 9.04. The normalized spacial score (nSPS) is 17.3. The van der Waals surface area contributed by atoms with Crippen molar-refractivity contribution in [1.29, 1.82) is 0 Å². The standard InChI is InChI=1S/C16H26N2O3S/c1-15(2,3)18-22(19,20)16(9-10-16)12-17-11-13-7-5-6-8-14(13)21-4/h5-8,17-18H,9-12H2,1-4H3. The summed E-state index contributed by atoms with van der Waals surface area (Å²) in [5.41, 5.74) is 0.582. The molecule has 1 aromatic rings. The van der Waals surface area contributed by atoms with Crippen LogP contribution in [0.5, 0.6) is 5.75 Å². The number of para-hydroxylation sites is 1. The van der Waals surface area contributed by atoms with Gasteiger partial charge in [-0.25, -0.2) is 13.1 Å². The van der Waals surface area contributed by atoms with Gasteiger partial charge in [0.1, 0.15) is 5.75 Å². The van der Waals surface area contributed by atoms with Gasteiger partial charge in [-0.1, -0.05) is 18.2 Å². The summed E-state index contributed by atoms with van der Waals surface area (Å²) in [4.78, 5) is 0. The van der Waals surface area contributed by atoms with Gasteiger partial charge in [0.2, 0.25) is 10.0 Å². The van der Waals surface area contributed by atoms with Crippen molar-refractivity contribution in [2.75, 3.05) is 13.7 Å². The van der Waals surface area contributed by atoms with Crippen molar-refractivity contribution in [3.8, 4) is 5.75 Å². The first-order valence-electron chi connectivity index (χ1n) is 7.55. The molecule has 0 aromatic heterocycles. The number of sulfonamides is 1. The van der Waals surface area contributed by atoms with Crippen LogP contribution < -0.4 is 14.8 Å². The van der Waals surface area contributed by atoms with Gasteiger partial charge < -0.3 is 10.1 Å². The molecule has 0 spiro atoms. The molecule has 1 saturated carbocycles. The fourth-order valence-corrected chi connectivity index (χ4v) is 4.42. The highest BCUT2D eigenvalue weighted by Crippen LogP contribution is 2.43. The highest BCUT2D eigenvalue weighted by atomic mass is 32.2. The number of rotatable bonds is 7. The molecule has 0 heterocycles. The zero-order valence-electron chi connectivity index (χ0n) is 13.8. The van der Waals surface area contributed by atoms with Crippen LogP contribution in [-0.2, 0) is 16.6 Å². The minimum absolute atomic E-state index is 0.447. The van der Waals surface area contributed by atoms with E-state index in [4.69, 9.17) is 4.74 Å². The van der Waals surface area contributed by atoms with Crippen LogP contribution >= 0.6 is 0 Å². The Kier molecular flexibility index (Phi) is 4.84. The fraction of sp³-hybridized carbons (Fsp3) is 0.625. The molecule has 0 atom stereocenters. The summed E-state index contributed by atoms with van der Waals surface area (Å²) in [5, 5.41) is 3.27. The molecular formula is C16H26N2O3S. The quantitative estimate of drug-likeness (QED) is 0.804. The molecule has 0 aliphatic heterocycles. The number of ether oxygens (including phenoxy) is 1. The van der Waals surface area contributed by atoms with Crippen LogP contribution in [0.1, 0.15) is 39.2 Å². The van der Waals surface area contributed by atoms with E-state index in [2.05, 4.69) is 10.0 Å². The van der Waals surface area contributed by atoms with E-state index in [1.54, 1.807) is 7.11 Å². The van der Waals surface area contributed by atoms with Crippen LogP contribution in [0.2, 0.25) is 0 Å². The second-order valence-corrected chi connectivity index (χ2v) is 9.03. The smallest absolute Gasteiger partial charge is 0.219 e. The SMILES string of the molecule is COc1ccccc1CNCC1(S(=O)(=O)NC(C)(C)C)CC1. The Balaban J connectivity index is 1.97. The summed E-state index contributed by atoms with van der Waals surface area (Å²) in [7, 11) is -1.68. The maximum absolute atomic E-state index is 12.5. The number of nitrogens with one attached hydrogen (secondary N) is 2. The number of benzene rings is 1. The van der Waals surface area contributed by atoms with Gasteiger partial charge in [-0.3, -0.25) is 0 Å². The Morgan fingerprint density at radius 3 is 2.41 bits per heavy atom. The summed E-state index contributed by atoms with van der Waals surface area (Å²) in [5.74, 6) is 0.815. The largest absolute Gasteiger partial charge is 0.496 e. The highest BCUT2D eigenvalue weighted by molar-refractivity contribution is 7.91. The van der Waals surface area contributed by atoms with Crippen molar-refractivity contribution in [2.45, 2.75) is 50.4 Å². The molecule has 5 nitrogen and oxygen atoms in total. The third-order valence-corrected chi connectivity index (χ3v) is 6.35. The van der Waals surface area contributed by atoms with Gasteiger partial charge in [0.15, 0.2) is 0 Å². The van der Waals surface area contributed by atoms with Crippen LogP contribution in [0.4, 0.5) is 0 Å². The predicted octanol–water partition coefficient (Wildman–Crippen LogP) is 2.04. The van der Waals surface area contributed by atoms with Gasteiger partial charge in [-0.2, -0.15) is 0 Å². The van der Waals surface area contributed by atoms with Crippen LogP contribution in [-0.4, -0.2) is 32.4 Å². The van der Waals surface area contributed by atoms with Crippen LogP contribution in [0.3, 0.4) is 0 Å². The molecule has 1 aliphatic rings. The molecule has 1 aromatic carbocycles.